The van der Waals surface area contributed by atoms with Crippen molar-refractivity contribution in [3.63, 3.8) is 0 Å². The normalized spacial score (nSPS) is 33.7. The molecule has 1 aromatic carbocycles. The van der Waals surface area contributed by atoms with Crippen LogP contribution in [0.3, 0.4) is 0 Å². The fraction of sp³-hybridized carbons (Fsp3) is 0.682. The van der Waals surface area contributed by atoms with E-state index in [1.165, 1.54) is 6.42 Å². The third-order valence-corrected chi connectivity index (χ3v) is 7.10. The van der Waals surface area contributed by atoms with Crippen LogP contribution in [0.1, 0.15) is 50.5 Å². The number of amides is 1. The minimum absolute atomic E-state index is 0.169. The van der Waals surface area contributed by atoms with Crippen molar-refractivity contribution >= 4 is 5.91 Å². The molecule has 1 aromatic rings. The Hall–Kier alpha value is -1.39. The molecule has 0 aromatic heterocycles. The molecule has 142 valence electrons. The van der Waals surface area contributed by atoms with Crippen LogP contribution in [0.4, 0.5) is 0 Å². The number of nitrogens with zero attached hydrogens (tertiary/aromatic N) is 2. The van der Waals surface area contributed by atoms with Crippen molar-refractivity contribution < 1.29 is 9.90 Å². The minimum atomic E-state index is -0.782. The van der Waals surface area contributed by atoms with Crippen LogP contribution in [0.25, 0.3) is 0 Å². The van der Waals surface area contributed by atoms with Crippen LogP contribution in [-0.2, 0) is 10.4 Å². The van der Waals surface area contributed by atoms with Crippen LogP contribution in [-0.4, -0.2) is 53.5 Å². The molecule has 4 heteroatoms. The predicted molar refractivity (Wildman–Crippen MR) is 103 cm³/mol. The Kier molecular flexibility index (Phi) is 5.07. The van der Waals surface area contributed by atoms with Crippen molar-refractivity contribution in [3.05, 3.63) is 35.9 Å². The highest BCUT2D eigenvalue weighted by molar-refractivity contribution is 5.79. The Morgan fingerprint density at radius 2 is 1.73 bits per heavy atom. The van der Waals surface area contributed by atoms with Crippen molar-refractivity contribution in [2.45, 2.75) is 56.6 Å². The molecule has 1 amide bonds. The van der Waals surface area contributed by atoms with Crippen LogP contribution in [0.5, 0.6) is 0 Å². The van der Waals surface area contributed by atoms with Gasteiger partial charge in [-0.15, -0.1) is 0 Å². The Balaban J connectivity index is 1.56. The van der Waals surface area contributed by atoms with E-state index in [0.29, 0.717) is 18.9 Å². The molecule has 2 heterocycles. The van der Waals surface area contributed by atoms with E-state index in [1.54, 1.807) is 0 Å². The third-order valence-electron chi connectivity index (χ3n) is 7.10. The number of likely N-dealkylation sites (tertiary alicyclic amines) is 2. The summed E-state index contributed by atoms with van der Waals surface area (Å²) in [5.41, 5.74) is 0.249. The molecule has 1 aliphatic carbocycles. The highest BCUT2D eigenvalue weighted by Crippen LogP contribution is 2.47. The standard InChI is InChI=1S/C22H32N2O2/c1-23-14-11-17(12-15-23)21(25)24-16-13-22(26,18-7-3-2-4-8-18)19-9-5-6-10-20(19)24/h2-4,7-8,17,19-20,26H,5-6,9-16H2,1H3/t19-,20+,22-/m0/s1. The number of piperidine rings is 2. The Morgan fingerprint density at radius 3 is 2.46 bits per heavy atom. The van der Waals surface area contributed by atoms with E-state index < -0.39 is 5.60 Å². The van der Waals surface area contributed by atoms with Gasteiger partial charge in [0.2, 0.25) is 5.91 Å². The summed E-state index contributed by atoms with van der Waals surface area (Å²) in [5.74, 6) is 0.699. The molecule has 3 aliphatic rings. The first-order valence-corrected chi connectivity index (χ1v) is 10.4. The van der Waals surface area contributed by atoms with E-state index in [4.69, 9.17) is 0 Å². The third kappa shape index (κ3) is 3.18. The molecule has 1 N–H and O–H groups in total. The van der Waals surface area contributed by atoms with E-state index in [1.807, 2.05) is 18.2 Å². The Labute approximate surface area is 157 Å². The van der Waals surface area contributed by atoms with Crippen LogP contribution in [0.15, 0.2) is 30.3 Å². The molecule has 3 atom stereocenters. The summed E-state index contributed by atoms with van der Waals surface area (Å²) in [5, 5.41) is 11.6. The van der Waals surface area contributed by atoms with Crippen LogP contribution < -0.4 is 0 Å². The lowest BCUT2D eigenvalue weighted by Gasteiger charge is -2.53. The SMILES string of the molecule is CN1CCC(C(=O)N2CC[C@](O)(c3ccccc3)[C@H]3CCCC[C@H]32)CC1. The van der Waals surface area contributed by atoms with E-state index >= 15 is 0 Å². The number of benzene rings is 1. The number of fused-ring (bicyclic) bond motifs is 1. The first-order valence-electron chi connectivity index (χ1n) is 10.4. The zero-order valence-corrected chi connectivity index (χ0v) is 15.9. The van der Waals surface area contributed by atoms with Gasteiger partial charge in [0.05, 0.1) is 5.60 Å². The minimum Gasteiger partial charge on any atom is -0.385 e. The number of aliphatic hydroxyl groups is 1. The number of hydrogen-bond acceptors (Lipinski definition) is 3. The first kappa shape index (κ1) is 18.0. The van der Waals surface area contributed by atoms with Gasteiger partial charge in [0, 0.05) is 24.4 Å². The van der Waals surface area contributed by atoms with E-state index in [0.717, 1.165) is 50.8 Å². The van der Waals surface area contributed by atoms with Crippen LogP contribution in [0.2, 0.25) is 0 Å². The summed E-state index contributed by atoms with van der Waals surface area (Å²) in [6, 6.07) is 10.3. The second kappa shape index (κ2) is 7.32. The quantitative estimate of drug-likeness (QED) is 0.886. The summed E-state index contributed by atoms with van der Waals surface area (Å²) in [7, 11) is 2.14. The number of carbonyl (C=O) groups excluding carboxylic acids is 1. The molecule has 4 nitrogen and oxygen atoms in total. The maximum absolute atomic E-state index is 13.3. The van der Waals surface area contributed by atoms with Crippen molar-refractivity contribution in [2.75, 3.05) is 26.7 Å². The lowest BCUT2D eigenvalue weighted by Crippen LogP contribution is -2.60. The largest absolute Gasteiger partial charge is 0.385 e. The summed E-state index contributed by atoms with van der Waals surface area (Å²) < 4.78 is 0. The van der Waals surface area contributed by atoms with E-state index in [2.05, 4.69) is 29.0 Å². The van der Waals surface area contributed by atoms with Crippen molar-refractivity contribution in [1.82, 2.24) is 9.80 Å². The number of rotatable bonds is 2. The lowest BCUT2D eigenvalue weighted by atomic mass is 9.66. The van der Waals surface area contributed by atoms with Crippen molar-refractivity contribution in [2.24, 2.45) is 11.8 Å². The molecule has 0 spiro atoms. The van der Waals surface area contributed by atoms with Gasteiger partial charge in [-0.3, -0.25) is 4.79 Å². The molecule has 2 saturated heterocycles. The van der Waals surface area contributed by atoms with Gasteiger partial charge in [-0.25, -0.2) is 0 Å². The lowest BCUT2D eigenvalue weighted by molar-refractivity contribution is -0.159. The molecule has 26 heavy (non-hydrogen) atoms. The Bertz CT molecular complexity index is 626. The van der Waals surface area contributed by atoms with Crippen LogP contribution in [0, 0.1) is 11.8 Å². The van der Waals surface area contributed by atoms with Gasteiger partial charge in [-0.1, -0.05) is 43.2 Å². The van der Waals surface area contributed by atoms with E-state index in [9.17, 15) is 9.90 Å². The fourth-order valence-electron chi connectivity index (χ4n) is 5.53. The highest BCUT2D eigenvalue weighted by atomic mass is 16.3. The number of hydrogen-bond donors (Lipinski definition) is 1. The maximum atomic E-state index is 13.3. The summed E-state index contributed by atoms with van der Waals surface area (Å²) in [6.07, 6.45) is 7.01. The highest BCUT2D eigenvalue weighted by Gasteiger charge is 2.50. The summed E-state index contributed by atoms with van der Waals surface area (Å²) in [6.45, 7) is 2.73. The van der Waals surface area contributed by atoms with Gasteiger partial charge in [-0.2, -0.15) is 0 Å². The van der Waals surface area contributed by atoms with Gasteiger partial charge < -0.3 is 14.9 Å². The van der Waals surface area contributed by atoms with Gasteiger partial charge in [0.25, 0.3) is 0 Å². The molecule has 3 fully saturated rings. The van der Waals surface area contributed by atoms with Gasteiger partial charge in [0.1, 0.15) is 0 Å². The fourth-order valence-corrected chi connectivity index (χ4v) is 5.53. The smallest absolute Gasteiger partial charge is 0.226 e. The predicted octanol–water partition coefficient (Wildman–Crippen LogP) is 3.01. The monoisotopic (exact) mass is 356 g/mol. The maximum Gasteiger partial charge on any atom is 0.226 e. The zero-order valence-electron chi connectivity index (χ0n) is 15.9. The first-order chi connectivity index (χ1) is 12.6. The molecular weight excluding hydrogens is 324 g/mol. The van der Waals surface area contributed by atoms with Gasteiger partial charge in [-0.05, 0) is 57.8 Å². The Morgan fingerprint density at radius 1 is 1.04 bits per heavy atom. The molecule has 4 rings (SSSR count). The van der Waals surface area contributed by atoms with Gasteiger partial charge in [0.15, 0.2) is 0 Å². The summed E-state index contributed by atoms with van der Waals surface area (Å²) in [4.78, 5) is 17.8. The second-order valence-electron chi connectivity index (χ2n) is 8.61. The van der Waals surface area contributed by atoms with Gasteiger partial charge >= 0.3 is 0 Å². The van der Waals surface area contributed by atoms with Crippen molar-refractivity contribution in [3.8, 4) is 0 Å². The van der Waals surface area contributed by atoms with Crippen LogP contribution >= 0.6 is 0 Å². The molecule has 2 aliphatic heterocycles. The molecule has 0 radical (unpaired) electrons. The zero-order chi connectivity index (χ0) is 18.1. The number of carbonyl (C=O) groups is 1. The molecule has 0 bridgehead atoms. The van der Waals surface area contributed by atoms with Crippen molar-refractivity contribution in [1.29, 1.82) is 0 Å². The van der Waals surface area contributed by atoms with E-state index in [-0.39, 0.29) is 17.9 Å². The average Bonchev–Trinajstić information content (AvgIpc) is 2.69. The second-order valence-corrected chi connectivity index (χ2v) is 8.61. The summed E-state index contributed by atoms with van der Waals surface area (Å²) >= 11 is 0. The average molecular weight is 357 g/mol. The topological polar surface area (TPSA) is 43.8 Å². The molecule has 0 unspecified atom stereocenters. The molecule has 1 saturated carbocycles. The molecular formula is C22H32N2O2.